The zero-order valence-corrected chi connectivity index (χ0v) is 7.46. The van der Waals surface area contributed by atoms with Crippen molar-refractivity contribution in [3.05, 3.63) is 10.1 Å². The average molecular weight is 225 g/mol. The summed E-state index contributed by atoms with van der Waals surface area (Å²) in [6.45, 7) is -0.638. The van der Waals surface area contributed by atoms with E-state index in [1.54, 1.807) is 0 Å². The van der Waals surface area contributed by atoms with Crippen LogP contribution in [0.25, 0.3) is 0 Å². The molecular formula is C6H11NO8. The molecule has 0 aliphatic carbocycles. The third-order valence-corrected chi connectivity index (χ3v) is 2.05. The van der Waals surface area contributed by atoms with Crippen molar-refractivity contribution in [2.24, 2.45) is 0 Å². The Morgan fingerprint density at radius 2 is 1.93 bits per heavy atom. The van der Waals surface area contributed by atoms with Crippen LogP contribution in [0.1, 0.15) is 0 Å². The fourth-order valence-electron chi connectivity index (χ4n) is 1.28. The Bertz CT molecular complexity index is 235. The standard InChI is InChI=1S/C6H11NO8/c8-1-2-3(9)4(10)5(6(11)14-2)15-7(12)13/h2-6,8-11H,1H2/t2-,3+,4+,5-,6?/m1/s1. The van der Waals surface area contributed by atoms with Gasteiger partial charge in [-0.15, -0.1) is 10.1 Å². The lowest BCUT2D eigenvalue weighted by Crippen LogP contribution is -2.59. The van der Waals surface area contributed by atoms with Crippen LogP contribution in [0.2, 0.25) is 0 Å². The predicted octanol–water partition coefficient (Wildman–Crippen LogP) is -3.01. The van der Waals surface area contributed by atoms with E-state index in [0.717, 1.165) is 0 Å². The van der Waals surface area contributed by atoms with Gasteiger partial charge in [-0.05, 0) is 0 Å². The minimum absolute atomic E-state index is 0.638. The van der Waals surface area contributed by atoms with Crippen molar-refractivity contribution in [3.63, 3.8) is 0 Å². The molecule has 1 fully saturated rings. The van der Waals surface area contributed by atoms with Crippen molar-refractivity contribution in [1.29, 1.82) is 0 Å². The number of rotatable bonds is 3. The molecule has 15 heavy (non-hydrogen) atoms. The highest BCUT2D eigenvalue weighted by atomic mass is 17.0. The Morgan fingerprint density at radius 1 is 1.33 bits per heavy atom. The van der Waals surface area contributed by atoms with Crippen LogP contribution in [0.3, 0.4) is 0 Å². The van der Waals surface area contributed by atoms with Crippen LogP contribution in [0.5, 0.6) is 0 Å². The highest BCUT2D eigenvalue weighted by molar-refractivity contribution is 4.88. The minimum Gasteiger partial charge on any atom is -0.394 e. The molecule has 0 amide bonds. The maximum atomic E-state index is 9.99. The van der Waals surface area contributed by atoms with Gasteiger partial charge in [0.05, 0.1) is 6.61 Å². The second-order valence-corrected chi connectivity index (χ2v) is 3.02. The molecule has 0 spiro atoms. The zero-order valence-electron chi connectivity index (χ0n) is 7.46. The molecule has 1 unspecified atom stereocenters. The highest BCUT2D eigenvalue weighted by Crippen LogP contribution is 2.21. The quantitative estimate of drug-likeness (QED) is 0.294. The van der Waals surface area contributed by atoms with Gasteiger partial charge in [0.15, 0.2) is 12.4 Å². The lowest BCUT2D eigenvalue weighted by Gasteiger charge is -2.38. The molecule has 0 saturated carbocycles. The van der Waals surface area contributed by atoms with Gasteiger partial charge in [0, 0.05) is 0 Å². The van der Waals surface area contributed by atoms with Gasteiger partial charge in [-0.2, -0.15) is 0 Å². The van der Waals surface area contributed by atoms with E-state index in [-0.39, 0.29) is 0 Å². The highest BCUT2D eigenvalue weighted by Gasteiger charge is 2.45. The molecule has 0 aromatic rings. The molecule has 1 rings (SSSR count). The second-order valence-electron chi connectivity index (χ2n) is 3.02. The molecule has 0 aromatic carbocycles. The number of hydrogen-bond donors (Lipinski definition) is 4. The lowest BCUT2D eigenvalue weighted by atomic mass is 9.99. The number of nitrogens with zero attached hydrogens (tertiary/aromatic N) is 1. The van der Waals surface area contributed by atoms with Crippen LogP contribution in [0.15, 0.2) is 0 Å². The van der Waals surface area contributed by atoms with Gasteiger partial charge in [-0.3, -0.25) is 0 Å². The van der Waals surface area contributed by atoms with Gasteiger partial charge in [0.25, 0.3) is 5.09 Å². The van der Waals surface area contributed by atoms with Gasteiger partial charge in [0.1, 0.15) is 18.3 Å². The van der Waals surface area contributed by atoms with Crippen LogP contribution in [0.4, 0.5) is 0 Å². The van der Waals surface area contributed by atoms with Crippen LogP contribution < -0.4 is 0 Å². The van der Waals surface area contributed by atoms with Crippen molar-refractivity contribution < 1.29 is 35.1 Å². The Labute approximate surface area is 83.6 Å². The summed E-state index contributed by atoms with van der Waals surface area (Å²) in [4.78, 5) is 13.9. The van der Waals surface area contributed by atoms with Crippen molar-refractivity contribution in [2.45, 2.75) is 30.7 Å². The Kier molecular flexibility index (Phi) is 3.77. The number of aliphatic hydroxyl groups is 4. The molecular weight excluding hydrogens is 214 g/mol. The largest absolute Gasteiger partial charge is 0.394 e. The van der Waals surface area contributed by atoms with E-state index in [0.29, 0.717) is 0 Å². The van der Waals surface area contributed by atoms with Gasteiger partial charge < -0.3 is 30.0 Å². The third-order valence-electron chi connectivity index (χ3n) is 2.05. The second kappa shape index (κ2) is 4.68. The Morgan fingerprint density at radius 3 is 2.40 bits per heavy atom. The monoisotopic (exact) mass is 225 g/mol. The van der Waals surface area contributed by atoms with E-state index < -0.39 is 42.4 Å². The van der Waals surface area contributed by atoms with Gasteiger partial charge in [-0.25, -0.2) is 0 Å². The molecule has 9 heteroatoms. The molecule has 1 saturated heterocycles. The minimum atomic E-state index is -1.79. The first-order chi connectivity index (χ1) is 6.97. The van der Waals surface area contributed by atoms with Crippen molar-refractivity contribution in [1.82, 2.24) is 0 Å². The molecule has 0 aromatic heterocycles. The summed E-state index contributed by atoms with van der Waals surface area (Å²) in [6.07, 6.45) is -7.97. The first-order valence-corrected chi connectivity index (χ1v) is 4.09. The van der Waals surface area contributed by atoms with Crippen molar-refractivity contribution in [3.8, 4) is 0 Å². The first kappa shape index (κ1) is 12.1. The molecule has 1 aliphatic rings. The smallest absolute Gasteiger partial charge is 0.295 e. The number of aliphatic hydroxyl groups excluding tert-OH is 4. The SMILES string of the molecule is O=[N+]([O-])O[C@H]1C(O)O[C@H](CO)[C@H](O)[C@@H]1O. The maximum Gasteiger partial charge on any atom is 0.295 e. The molecule has 0 radical (unpaired) electrons. The topological polar surface area (TPSA) is 143 Å². The summed E-state index contributed by atoms with van der Waals surface area (Å²) < 4.78 is 4.60. The van der Waals surface area contributed by atoms with Crippen LogP contribution in [-0.4, -0.2) is 62.8 Å². The van der Waals surface area contributed by atoms with Crippen LogP contribution in [0, 0.1) is 10.1 Å². The third kappa shape index (κ3) is 2.52. The van der Waals surface area contributed by atoms with Crippen LogP contribution in [-0.2, 0) is 9.57 Å². The van der Waals surface area contributed by atoms with E-state index in [1.807, 2.05) is 0 Å². The fourth-order valence-corrected chi connectivity index (χ4v) is 1.28. The molecule has 0 bridgehead atoms. The molecule has 88 valence electrons. The number of ether oxygens (including phenoxy) is 1. The maximum absolute atomic E-state index is 9.99. The summed E-state index contributed by atoms with van der Waals surface area (Å²) in [7, 11) is 0. The summed E-state index contributed by atoms with van der Waals surface area (Å²) in [6, 6.07) is 0. The van der Waals surface area contributed by atoms with Gasteiger partial charge >= 0.3 is 0 Å². The van der Waals surface area contributed by atoms with Crippen molar-refractivity contribution >= 4 is 0 Å². The predicted molar refractivity (Wildman–Crippen MR) is 41.8 cm³/mol. The van der Waals surface area contributed by atoms with Crippen LogP contribution >= 0.6 is 0 Å². The average Bonchev–Trinajstić information content (AvgIpc) is 2.18. The van der Waals surface area contributed by atoms with Gasteiger partial charge in [0.2, 0.25) is 0 Å². The van der Waals surface area contributed by atoms with Gasteiger partial charge in [-0.1, -0.05) is 0 Å². The fraction of sp³-hybridized carbons (Fsp3) is 1.00. The lowest BCUT2D eigenvalue weighted by molar-refractivity contribution is -0.776. The Balaban J connectivity index is 2.70. The molecule has 1 heterocycles. The normalized spacial score (nSPS) is 41.2. The molecule has 9 nitrogen and oxygen atoms in total. The van der Waals surface area contributed by atoms with E-state index in [4.69, 9.17) is 5.11 Å². The summed E-state index contributed by atoms with van der Waals surface area (Å²) in [5, 5.41) is 45.2. The molecule has 1 aliphatic heterocycles. The summed E-state index contributed by atoms with van der Waals surface area (Å²) in [5.74, 6) is 0. The summed E-state index contributed by atoms with van der Waals surface area (Å²) >= 11 is 0. The Hall–Kier alpha value is -1.00. The summed E-state index contributed by atoms with van der Waals surface area (Å²) in [5.41, 5.74) is 0. The zero-order chi connectivity index (χ0) is 11.6. The van der Waals surface area contributed by atoms with Crippen molar-refractivity contribution in [2.75, 3.05) is 6.61 Å². The number of hydrogen-bond acceptors (Lipinski definition) is 8. The molecule has 4 N–H and O–H groups in total. The van der Waals surface area contributed by atoms with E-state index in [2.05, 4.69) is 9.57 Å². The van der Waals surface area contributed by atoms with E-state index in [9.17, 15) is 25.4 Å². The van der Waals surface area contributed by atoms with E-state index in [1.165, 1.54) is 0 Å². The molecule has 5 atom stereocenters. The van der Waals surface area contributed by atoms with E-state index >= 15 is 0 Å². The first-order valence-electron chi connectivity index (χ1n) is 4.09.